The minimum atomic E-state index is -0.597. The van der Waals surface area contributed by atoms with Crippen LogP contribution in [0.25, 0.3) is 11.1 Å². The highest BCUT2D eigenvalue weighted by molar-refractivity contribution is 5.80. The Bertz CT molecular complexity index is 906. The van der Waals surface area contributed by atoms with Crippen LogP contribution in [0.4, 0.5) is 4.39 Å². The maximum atomic E-state index is 14.5. The van der Waals surface area contributed by atoms with Crippen LogP contribution in [0.3, 0.4) is 0 Å². The van der Waals surface area contributed by atoms with Crippen LogP contribution >= 0.6 is 0 Å². The molecule has 0 saturated heterocycles. The highest BCUT2D eigenvalue weighted by Crippen LogP contribution is 2.27. The van der Waals surface area contributed by atoms with Gasteiger partial charge in [0.25, 0.3) is 0 Å². The van der Waals surface area contributed by atoms with Crippen molar-refractivity contribution in [3.8, 4) is 22.6 Å². The summed E-state index contributed by atoms with van der Waals surface area (Å²) >= 11 is 0. The van der Waals surface area contributed by atoms with Gasteiger partial charge in [0.05, 0.1) is 13.0 Å². The lowest BCUT2D eigenvalue weighted by molar-refractivity contribution is -0.135. The van der Waals surface area contributed by atoms with Crippen LogP contribution in [-0.2, 0) is 4.79 Å². The van der Waals surface area contributed by atoms with Gasteiger partial charge in [-0.05, 0) is 36.2 Å². The lowest BCUT2D eigenvalue weighted by Gasteiger charge is -2.13. The molecule has 0 N–H and O–H groups in total. The molecule has 132 valence electrons. The molecule has 0 spiro atoms. The van der Waals surface area contributed by atoms with E-state index in [-0.39, 0.29) is 5.82 Å². The third-order valence-corrected chi connectivity index (χ3v) is 4.19. The largest absolute Gasteiger partial charge is 0.497 e. The third-order valence-electron chi connectivity index (χ3n) is 4.19. The van der Waals surface area contributed by atoms with Crippen LogP contribution in [0.1, 0.15) is 18.4 Å². The van der Waals surface area contributed by atoms with Crippen molar-refractivity contribution in [1.82, 2.24) is 0 Å². The number of carbonyl (C=O) groups excluding carboxylic acids is 1. The zero-order valence-corrected chi connectivity index (χ0v) is 14.6. The lowest BCUT2D eigenvalue weighted by Crippen LogP contribution is -2.16. The molecule has 0 radical (unpaired) electrons. The number of ether oxygens (including phenoxy) is 2. The molecule has 4 heteroatoms. The van der Waals surface area contributed by atoms with E-state index in [0.29, 0.717) is 22.6 Å². The number of esters is 1. The molecule has 3 aromatic rings. The van der Waals surface area contributed by atoms with E-state index in [1.165, 1.54) is 6.07 Å². The maximum Gasteiger partial charge on any atom is 0.318 e. The molecule has 26 heavy (non-hydrogen) atoms. The van der Waals surface area contributed by atoms with Crippen molar-refractivity contribution >= 4 is 5.97 Å². The van der Waals surface area contributed by atoms with Crippen molar-refractivity contribution in [2.24, 2.45) is 0 Å². The summed E-state index contributed by atoms with van der Waals surface area (Å²) in [6.45, 7) is 1.69. The fraction of sp³-hybridized carbons (Fsp3) is 0.136. The first-order valence-electron chi connectivity index (χ1n) is 8.29. The van der Waals surface area contributed by atoms with Crippen LogP contribution in [0.15, 0.2) is 72.8 Å². The Labute approximate surface area is 152 Å². The number of carbonyl (C=O) groups is 1. The van der Waals surface area contributed by atoms with Crippen LogP contribution in [0.2, 0.25) is 0 Å². The van der Waals surface area contributed by atoms with E-state index in [2.05, 4.69) is 0 Å². The molecule has 0 aliphatic carbocycles. The van der Waals surface area contributed by atoms with Crippen LogP contribution in [0, 0.1) is 5.82 Å². The molecule has 0 heterocycles. The standard InChI is InChI=1S/C22H19FO3/c1-15(22(24)26-19-10-6-9-18(14-19)25-2)17-11-12-20(21(23)13-17)16-7-4-3-5-8-16/h3-15H,1-2H3. The Morgan fingerprint density at radius 2 is 1.65 bits per heavy atom. The average Bonchev–Trinajstić information content (AvgIpc) is 2.68. The summed E-state index contributed by atoms with van der Waals surface area (Å²) in [4.78, 5) is 12.4. The topological polar surface area (TPSA) is 35.5 Å². The number of methoxy groups -OCH3 is 1. The van der Waals surface area contributed by atoms with Gasteiger partial charge in [-0.15, -0.1) is 0 Å². The monoisotopic (exact) mass is 350 g/mol. The fourth-order valence-corrected chi connectivity index (χ4v) is 2.66. The lowest BCUT2D eigenvalue weighted by atomic mass is 9.97. The predicted octanol–water partition coefficient (Wildman–Crippen LogP) is 5.21. The van der Waals surface area contributed by atoms with Gasteiger partial charge in [0.15, 0.2) is 0 Å². The summed E-state index contributed by atoms with van der Waals surface area (Å²) in [5.41, 5.74) is 1.86. The van der Waals surface area contributed by atoms with Gasteiger partial charge in [0, 0.05) is 11.6 Å². The van der Waals surface area contributed by atoms with Gasteiger partial charge in [0.1, 0.15) is 17.3 Å². The highest BCUT2D eigenvalue weighted by Gasteiger charge is 2.19. The number of hydrogen-bond acceptors (Lipinski definition) is 3. The smallest absolute Gasteiger partial charge is 0.318 e. The van der Waals surface area contributed by atoms with Gasteiger partial charge in [-0.3, -0.25) is 4.79 Å². The zero-order chi connectivity index (χ0) is 18.5. The first-order valence-corrected chi connectivity index (χ1v) is 8.29. The second kappa shape index (κ2) is 7.83. The number of hydrogen-bond donors (Lipinski definition) is 0. The van der Waals surface area contributed by atoms with Crippen molar-refractivity contribution in [2.45, 2.75) is 12.8 Å². The van der Waals surface area contributed by atoms with Crippen molar-refractivity contribution in [2.75, 3.05) is 7.11 Å². The number of benzene rings is 3. The summed E-state index contributed by atoms with van der Waals surface area (Å²) in [7, 11) is 1.54. The molecule has 0 aromatic heterocycles. The molecule has 3 aromatic carbocycles. The van der Waals surface area contributed by atoms with Crippen molar-refractivity contribution in [1.29, 1.82) is 0 Å². The molecule has 0 fully saturated rings. The van der Waals surface area contributed by atoms with Crippen LogP contribution < -0.4 is 9.47 Å². The SMILES string of the molecule is COc1cccc(OC(=O)C(C)c2ccc(-c3ccccc3)c(F)c2)c1. The molecule has 3 nitrogen and oxygen atoms in total. The highest BCUT2D eigenvalue weighted by atomic mass is 19.1. The van der Waals surface area contributed by atoms with Crippen LogP contribution in [-0.4, -0.2) is 13.1 Å². The number of rotatable bonds is 5. The molecule has 0 aliphatic rings. The zero-order valence-electron chi connectivity index (χ0n) is 14.6. The van der Waals surface area contributed by atoms with Gasteiger partial charge in [-0.2, -0.15) is 0 Å². The van der Waals surface area contributed by atoms with Gasteiger partial charge in [-0.1, -0.05) is 48.5 Å². The fourth-order valence-electron chi connectivity index (χ4n) is 2.66. The van der Waals surface area contributed by atoms with Crippen LogP contribution in [0.5, 0.6) is 11.5 Å². The van der Waals surface area contributed by atoms with E-state index < -0.39 is 11.9 Å². The average molecular weight is 350 g/mol. The predicted molar refractivity (Wildman–Crippen MR) is 98.9 cm³/mol. The molecule has 0 amide bonds. The Morgan fingerprint density at radius 1 is 0.923 bits per heavy atom. The Kier molecular flexibility index (Phi) is 5.32. The molecular weight excluding hydrogens is 331 g/mol. The van der Waals surface area contributed by atoms with E-state index >= 15 is 0 Å². The molecular formula is C22H19FO3. The van der Waals surface area contributed by atoms with E-state index in [0.717, 1.165) is 5.56 Å². The third kappa shape index (κ3) is 3.91. The summed E-state index contributed by atoms with van der Waals surface area (Å²) in [5.74, 6) is -0.427. The van der Waals surface area contributed by atoms with Crippen molar-refractivity contribution in [3.63, 3.8) is 0 Å². The Balaban J connectivity index is 1.77. The van der Waals surface area contributed by atoms with Gasteiger partial charge < -0.3 is 9.47 Å². The Morgan fingerprint density at radius 3 is 2.35 bits per heavy atom. The van der Waals surface area contributed by atoms with E-state index in [4.69, 9.17) is 9.47 Å². The maximum absolute atomic E-state index is 14.5. The Hall–Kier alpha value is -3.14. The normalized spacial score (nSPS) is 11.7. The molecule has 1 atom stereocenters. The summed E-state index contributed by atoms with van der Waals surface area (Å²) < 4.78 is 25.0. The first kappa shape index (κ1) is 17.7. The van der Waals surface area contributed by atoms with E-state index in [9.17, 15) is 9.18 Å². The van der Waals surface area contributed by atoms with E-state index in [1.54, 1.807) is 50.4 Å². The van der Waals surface area contributed by atoms with E-state index in [1.807, 2.05) is 30.3 Å². The molecule has 0 aliphatic heterocycles. The second-order valence-corrected chi connectivity index (χ2v) is 5.93. The molecule has 3 rings (SSSR count). The molecule has 0 saturated carbocycles. The van der Waals surface area contributed by atoms with Crippen molar-refractivity contribution in [3.05, 3.63) is 84.2 Å². The van der Waals surface area contributed by atoms with Gasteiger partial charge in [-0.25, -0.2) is 4.39 Å². The summed E-state index contributed by atoms with van der Waals surface area (Å²) in [6.07, 6.45) is 0. The summed E-state index contributed by atoms with van der Waals surface area (Å²) in [5, 5.41) is 0. The minimum Gasteiger partial charge on any atom is -0.497 e. The van der Waals surface area contributed by atoms with Gasteiger partial charge >= 0.3 is 5.97 Å². The molecule has 1 unspecified atom stereocenters. The molecule has 0 bridgehead atoms. The summed E-state index contributed by atoms with van der Waals surface area (Å²) in [6, 6.07) is 20.9. The quantitative estimate of drug-likeness (QED) is 0.468. The minimum absolute atomic E-state index is 0.366. The number of halogens is 1. The second-order valence-electron chi connectivity index (χ2n) is 5.93. The van der Waals surface area contributed by atoms with Crippen molar-refractivity contribution < 1.29 is 18.7 Å². The van der Waals surface area contributed by atoms with Gasteiger partial charge in [0.2, 0.25) is 0 Å². The first-order chi connectivity index (χ1) is 12.6.